The van der Waals surface area contributed by atoms with Crippen molar-refractivity contribution in [3.63, 3.8) is 0 Å². The van der Waals surface area contributed by atoms with Gasteiger partial charge in [0.2, 0.25) is 0 Å². The van der Waals surface area contributed by atoms with E-state index in [2.05, 4.69) is 14.8 Å². The molecule has 6 nitrogen and oxygen atoms in total. The summed E-state index contributed by atoms with van der Waals surface area (Å²) in [5.74, 6) is 0.249. The van der Waals surface area contributed by atoms with Crippen LogP contribution in [0.2, 0.25) is 0 Å². The standard InChI is InChI=1S/C11H13N3O3/c1-16-10-5-3-4-8(6-11(15)17-2)9(10)7-13-14-12/h3-5H,6-7H2,1-2H3. The van der Waals surface area contributed by atoms with Gasteiger partial charge in [0.25, 0.3) is 0 Å². The Hall–Kier alpha value is -2.20. The van der Waals surface area contributed by atoms with Gasteiger partial charge < -0.3 is 9.47 Å². The van der Waals surface area contributed by atoms with Gasteiger partial charge in [0.1, 0.15) is 5.75 Å². The Morgan fingerprint density at radius 2 is 2.24 bits per heavy atom. The molecule has 6 heteroatoms. The van der Waals surface area contributed by atoms with Crippen molar-refractivity contribution in [3.8, 4) is 5.75 Å². The van der Waals surface area contributed by atoms with Crippen molar-refractivity contribution < 1.29 is 14.3 Å². The van der Waals surface area contributed by atoms with Crippen LogP contribution in [-0.4, -0.2) is 20.2 Å². The van der Waals surface area contributed by atoms with E-state index in [0.717, 1.165) is 5.56 Å². The second kappa shape index (κ2) is 6.40. The largest absolute Gasteiger partial charge is 0.496 e. The molecule has 0 atom stereocenters. The maximum absolute atomic E-state index is 11.2. The summed E-state index contributed by atoms with van der Waals surface area (Å²) >= 11 is 0. The fraction of sp³-hybridized carbons (Fsp3) is 0.364. The van der Waals surface area contributed by atoms with Crippen LogP contribution in [0.25, 0.3) is 10.4 Å². The Kier molecular flexibility index (Phi) is 4.84. The summed E-state index contributed by atoms with van der Waals surface area (Å²) in [6.07, 6.45) is 0.129. The minimum absolute atomic E-state index is 0.129. The summed E-state index contributed by atoms with van der Waals surface area (Å²) in [6.45, 7) is 0.146. The molecule has 0 N–H and O–H groups in total. The van der Waals surface area contributed by atoms with E-state index >= 15 is 0 Å². The molecule has 0 aliphatic carbocycles. The Morgan fingerprint density at radius 1 is 1.47 bits per heavy atom. The fourth-order valence-electron chi connectivity index (χ4n) is 1.48. The van der Waals surface area contributed by atoms with E-state index < -0.39 is 0 Å². The number of methoxy groups -OCH3 is 2. The van der Waals surface area contributed by atoms with Gasteiger partial charge in [-0.1, -0.05) is 17.2 Å². The Bertz CT molecular complexity index is 453. The van der Waals surface area contributed by atoms with Crippen LogP contribution in [-0.2, 0) is 22.5 Å². The van der Waals surface area contributed by atoms with E-state index in [-0.39, 0.29) is 18.9 Å². The summed E-state index contributed by atoms with van der Waals surface area (Å²) in [5, 5.41) is 3.49. The lowest BCUT2D eigenvalue weighted by Crippen LogP contribution is -2.07. The van der Waals surface area contributed by atoms with Gasteiger partial charge in [0.15, 0.2) is 0 Å². The molecule has 0 heterocycles. The van der Waals surface area contributed by atoms with E-state index in [9.17, 15) is 4.79 Å². The zero-order valence-electron chi connectivity index (χ0n) is 9.71. The third kappa shape index (κ3) is 3.39. The highest BCUT2D eigenvalue weighted by atomic mass is 16.5. The topological polar surface area (TPSA) is 84.3 Å². The van der Waals surface area contributed by atoms with Crippen LogP contribution in [0.5, 0.6) is 5.75 Å². The number of azide groups is 1. The predicted octanol–water partition coefficient (Wildman–Crippen LogP) is 2.22. The number of nitrogens with zero attached hydrogens (tertiary/aromatic N) is 3. The number of ether oxygens (including phenoxy) is 2. The third-order valence-corrected chi connectivity index (χ3v) is 2.30. The molecule has 0 radical (unpaired) electrons. The van der Waals surface area contributed by atoms with E-state index in [0.29, 0.717) is 11.3 Å². The zero-order chi connectivity index (χ0) is 12.7. The second-order valence-corrected chi connectivity index (χ2v) is 3.24. The first-order valence-electron chi connectivity index (χ1n) is 4.95. The van der Waals surface area contributed by atoms with E-state index in [1.807, 2.05) is 0 Å². The molecule has 0 aliphatic heterocycles. The van der Waals surface area contributed by atoms with Crippen molar-refractivity contribution in [1.82, 2.24) is 0 Å². The Balaban J connectivity index is 3.09. The van der Waals surface area contributed by atoms with Crippen LogP contribution >= 0.6 is 0 Å². The van der Waals surface area contributed by atoms with Crippen LogP contribution in [0.15, 0.2) is 23.3 Å². The lowest BCUT2D eigenvalue weighted by Gasteiger charge is -2.11. The summed E-state index contributed by atoms with van der Waals surface area (Å²) in [5.41, 5.74) is 9.78. The number of hydrogen-bond donors (Lipinski definition) is 0. The molecule has 0 saturated heterocycles. The molecule has 90 valence electrons. The number of benzene rings is 1. The van der Waals surface area contributed by atoms with Crippen LogP contribution < -0.4 is 4.74 Å². The smallest absolute Gasteiger partial charge is 0.309 e. The monoisotopic (exact) mass is 235 g/mol. The first-order valence-corrected chi connectivity index (χ1v) is 4.95. The average Bonchev–Trinajstić information content (AvgIpc) is 2.36. The first kappa shape index (κ1) is 12.9. The highest BCUT2D eigenvalue weighted by Crippen LogP contribution is 2.23. The van der Waals surface area contributed by atoms with Gasteiger partial charge in [-0.25, -0.2) is 0 Å². The minimum Gasteiger partial charge on any atom is -0.496 e. The molecular formula is C11H13N3O3. The normalized spacial score (nSPS) is 9.29. The number of carbonyl (C=O) groups excluding carboxylic acids is 1. The number of hydrogen-bond acceptors (Lipinski definition) is 4. The average molecular weight is 235 g/mol. The Labute approximate surface area is 98.8 Å². The van der Waals surface area contributed by atoms with Crippen LogP contribution in [0.1, 0.15) is 11.1 Å². The Morgan fingerprint density at radius 3 is 2.82 bits per heavy atom. The van der Waals surface area contributed by atoms with Gasteiger partial charge in [-0.2, -0.15) is 0 Å². The molecule has 1 rings (SSSR count). The van der Waals surface area contributed by atoms with Gasteiger partial charge in [-0.3, -0.25) is 4.79 Å². The maximum atomic E-state index is 11.2. The molecule has 1 aromatic carbocycles. The van der Waals surface area contributed by atoms with Crippen LogP contribution in [0, 0.1) is 0 Å². The predicted molar refractivity (Wildman–Crippen MR) is 61.6 cm³/mol. The van der Waals surface area contributed by atoms with Gasteiger partial charge in [0, 0.05) is 10.5 Å². The van der Waals surface area contributed by atoms with E-state index in [1.54, 1.807) is 18.2 Å². The summed E-state index contributed by atoms with van der Waals surface area (Å²) in [6, 6.07) is 5.31. The molecule has 0 saturated carbocycles. The van der Waals surface area contributed by atoms with Crippen molar-refractivity contribution in [2.24, 2.45) is 5.11 Å². The summed E-state index contributed by atoms with van der Waals surface area (Å²) in [7, 11) is 2.85. The molecule has 0 fully saturated rings. The van der Waals surface area contributed by atoms with Crippen LogP contribution in [0.4, 0.5) is 0 Å². The highest BCUT2D eigenvalue weighted by molar-refractivity contribution is 5.73. The van der Waals surface area contributed by atoms with Crippen molar-refractivity contribution in [2.45, 2.75) is 13.0 Å². The SMILES string of the molecule is COC(=O)Cc1cccc(OC)c1CN=[N+]=[N-]. The van der Waals surface area contributed by atoms with Crippen molar-refractivity contribution in [3.05, 3.63) is 39.8 Å². The summed E-state index contributed by atoms with van der Waals surface area (Å²) < 4.78 is 9.77. The second-order valence-electron chi connectivity index (χ2n) is 3.24. The molecule has 0 aliphatic rings. The number of rotatable bonds is 5. The van der Waals surface area contributed by atoms with Crippen LogP contribution in [0.3, 0.4) is 0 Å². The third-order valence-electron chi connectivity index (χ3n) is 2.30. The first-order chi connectivity index (χ1) is 8.22. The molecule has 0 bridgehead atoms. The molecule has 0 unspecified atom stereocenters. The van der Waals surface area contributed by atoms with Gasteiger partial charge in [-0.15, -0.1) is 0 Å². The van der Waals surface area contributed by atoms with Crippen molar-refractivity contribution in [2.75, 3.05) is 14.2 Å². The molecule has 1 aromatic rings. The molecule has 17 heavy (non-hydrogen) atoms. The maximum Gasteiger partial charge on any atom is 0.309 e. The zero-order valence-corrected chi connectivity index (χ0v) is 9.71. The molecule has 0 aromatic heterocycles. The lowest BCUT2D eigenvalue weighted by atomic mass is 10.0. The van der Waals surface area contributed by atoms with Gasteiger partial charge >= 0.3 is 5.97 Å². The molecular weight excluding hydrogens is 222 g/mol. The number of esters is 1. The van der Waals surface area contributed by atoms with Gasteiger partial charge in [0.05, 0.1) is 27.2 Å². The van der Waals surface area contributed by atoms with Gasteiger partial charge in [-0.05, 0) is 17.2 Å². The van der Waals surface area contributed by atoms with E-state index in [4.69, 9.17) is 10.3 Å². The van der Waals surface area contributed by atoms with Crippen molar-refractivity contribution >= 4 is 5.97 Å². The molecule has 0 spiro atoms. The molecule has 0 amide bonds. The fourth-order valence-corrected chi connectivity index (χ4v) is 1.48. The quantitative estimate of drug-likeness (QED) is 0.339. The minimum atomic E-state index is -0.347. The number of carbonyl (C=O) groups is 1. The van der Waals surface area contributed by atoms with Crippen molar-refractivity contribution in [1.29, 1.82) is 0 Å². The highest BCUT2D eigenvalue weighted by Gasteiger charge is 2.11. The lowest BCUT2D eigenvalue weighted by molar-refractivity contribution is -0.139. The summed E-state index contributed by atoms with van der Waals surface area (Å²) in [4.78, 5) is 13.9. The van der Waals surface area contributed by atoms with E-state index in [1.165, 1.54) is 14.2 Å².